The van der Waals surface area contributed by atoms with Crippen LogP contribution in [0, 0.1) is 23.0 Å². The van der Waals surface area contributed by atoms with E-state index < -0.39 is 17.3 Å². The summed E-state index contributed by atoms with van der Waals surface area (Å²) in [5, 5.41) is 6.32. The number of rotatable bonds is 12. The fourth-order valence-electron chi connectivity index (χ4n) is 6.52. The highest BCUT2D eigenvalue weighted by atomic mass is 19.1. The van der Waals surface area contributed by atoms with Crippen LogP contribution in [0.1, 0.15) is 107 Å². The molecule has 1 fully saturated rings. The average Bonchev–Trinajstić information content (AvgIpc) is 3.27. The van der Waals surface area contributed by atoms with E-state index in [1.165, 1.54) is 12.1 Å². The summed E-state index contributed by atoms with van der Waals surface area (Å²) in [5.74, 6) is 3.58. The predicted octanol–water partition coefficient (Wildman–Crippen LogP) is 5.32. The predicted molar refractivity (Wildman–Crippen MR) is 168 cm³/mol. The molecule has 1 saturated carbocycles. The Morgan fingerprint density at radius 3 is 2.34 bits per heavy atom. The third-order valence-corrected chi connectivity index (χ3v) is 9.47. The monoisotopic (exact) mass is 609 g/mol. The second-order valence-electron chi connectivity index (χ2n) is 12.6. The number of nitrogens with two attached hydrogens (primary N) is 2. The summed E-state index contributed by atoms with van der Waals surface area (Å²) in [7, 11) is 0. The third-order valence-electron chi connectivity index (χ3n) is 9.47. The Hall–Kier alpha value is -3.86. The number of hydrogen-bond acceptors (Lipinski definition) is 6. The van der Waals surface area contributed by atoms with E-state index in [1.807, 2.05) is 17.0 Å². The Morgan fingerprint density at radius 1 is 1.14 bits per heavy atom. The van der Waals surface area contributed by atoms with Crippen molar-refractivity contribution >= 4 is 23.4 Å². The van der Waals surface area contributed by atoms with E-state index >= 15 is 0 Å². The molecule has 6 N–H and O–H groups in total. The SMILES string of the molecule is CCCCC(c1ccc(C(=O)NCC(N)=NNN)cc1)N1C(=O)C(c2cc(F)cc(F)c2)=NC12CCC(C(C)(C)CC)CC2. The lowest BCUT2D eigenvalue weighted by atomic mass is 9.67. The Kier molecular flexibility index (Phi) is 10.4. The summed E-state index contributed by atoms with van der Waals surface area (Å²) in [5.41, 5.74) is 8.65. The van der Waals surface area contributed by atoms with Crippen LogP contribution in [0.5, 0.6) is 0 Å². The van der Waals surface area contributed by atoms with Gasteiger partial charge in [0.05, 0.1) is 12.6 Å². The maximum absolute atomic E-state index is 14.3. The minimum atomic E-state index is -0.822. The van der Waals surface area contributed by atoms with Gasteiger partial charge < -0.3 is 16.0 Å². The van der Waals surface area contributed by atoms with Gasteiger partial charge in [-0.2, -0.15) is 5.10 Å². The van der Waals surface area contributed by atoms with Crippen LogP contribution in [0.25, 0.3) is 0 Å². The Morgan fingerprint density at radius 2 is 1.77 bits per heavy atom. The van der Waals surface area contributed by atoms with Crippen molar-refractivity contribution in [2.45, 2.75) is 90.8 Å². The molecule has 1 unspecified atom stereocenters. The van der Waals surface area contributed by atoms with Crippen LogP contribution in [0.3, 0.4) is 0 Å². The second-order valence-corrected chi connectivity index (χ2v) is 12.6. The molecule has 44 heavy (non-hydrogen) atoms. The van der Waals surface area contributed by atoms with E-state index in [1.54, 1.807) is 12.1 Å². The third kappa shape index (κ3) is 7.09. The summed E-state index contributed by atoms with van der Waals surface area (Å²) >= 11 is 0. The minimum Gasteiger partial charge on any atom is -0.384 e. The molecule has 1 atom stereocenters. The van der Waals surface area contributed by atoms with Gasteiger partial charge in [-0.1, -0.05) is 59.1 Å². The zero-order valence-corrected chi connectivity index (χ0v) is 26.1. The van der Waals surface area contributed by atoms with Gasteiger partial charge >= 0.3 is 0 Å². The summed E-state index contributed by atoms with van der Waals surface area (Å²) in [6, 6.07) is 9.98. The number of hydrazine groups is 1. The van der Waals surface area contributed by atoms with Gasteiger partial charge in [-0.25, -0.2) is 20.2 Å². The smallest absolute Gasteiger partial charge is 0.275 e. The van der Waals surface area contributed by atoms with Crippen LogP contribution in [-0.4, -0.2) is 40.5 Å². The molecular weight excluding hydrogens is 564 g/mol. The number of amides is 2. The van der Waals surface area contributed by atoms with E-state index in [4.69, 9.17) is 16.6 Å². The molecule has 1 aliphatic heterocycles. The van der Waals surface area contributed by atoms with Gasteiger partial charge in [0.1, 0.15) is 28.8 Å². The van der Waals surface area contributed by atoms with Crippen molar-refractivity contribution in [2.24, 2.45) is 33.0 Å². The molecule has 0 radical (unpaired) electrons. The molecule has 2 aliphatic rings. The highest BCUT2D eigenvalue weighted by molar-refractivity contribution is 6.46. The standard InChI is InChI=1S/C33H45F2N7O2/c1-5-7-8-27(21-9-11-22(12-10-21)30(43)38-20-28(36)40-41-37)42-31(44)29(23-17-25(34)19-26(35)18-23)39-33(42)15-13-24(14-16-33)32(3,4)6-2/h9-12,17-19,24,27,41H,5-8,13-16,20,37H2,1-4H3,(H2,36,40)(H,38,43). The number of carbonyl (C=O) groups excluding carboxylic acids is 2. The lowest BCUT2D eigenvalue weighted by Gasteiger charge is -2.48. The molecule has 0 saturated heterocycles. The van der Waals surface area contributed by atoms with E-state index in [9.17, 15) is 18.4 Å². The first-order valence-corrected chi connectivity index (χ1v) is 15.5. The largest absolute Gasteiger partial charge is 0.384 e. The van der Waals surface area contributed by atoms with Crippen molar-refractivity contribution in [1.82, 2.24) is 15.8 Å². The van der Waals surface area contributed by atoms with Crippen LogP contribution in [0.2, 0.25) is 0 Å². The molecule has 238 valence electrons. The lowest BCUT2D eigenvalue weighted by Crippen LogP contribution is -2.51. The van der Waals surface area contributed by atoms with E-state index in [0.717, 1.165) is 43.7 Å². The average molecular weight is 610 g/mol. The molecule has 11 heteroatoms. The number of nitrogens with zero attached hydrogens (tertiary/aromatic N) is 3. The fourth-order valence-corrected chi connectivity index (χ4v) is 6.52. The number of hydrogen-bond donors (Lipinski definition) is 4. The van der Waals surface area contributed by atoms with E-state index in [-0.39, 0.29) is 46.9 Å². The number of unbranched alkanes of at least 4 members (excludes halogenated alkanes) is 1. The highest BCUT2D eigenvalue weighted by Gasteiger charge is 2.52. The van der Waals surface area contributed by atoms with E-state index in [0.29, 0.717) is 30.7 Å². The summed E-state index contributed by atoms with van der Waals surface area (Å²) in [6.45, 7) is 8.89. The van der Waals surface area contributed by atoms with Crippen LogP contribution in [0.4, 0.5) is 8.78 Å². The number of halogens is 2. The van der Waals surface area contributed by atoms with Crippen molar-refractivity contribution < 1.29 is 18.4 Å². The van der Waals surface area contributed by atoms with Crippen molar-refractivity contribution in [3.05, 3.63) is 70.8 Å². The molecule has 1 heterocycles. The number of amidine groups is 1. The maximum atomic E-state index is 14.3. The maximum Gasteiger partial charge on any atom is 0.275 e. The molecule has 1 aliphatic carbocycles. The first kappa shape index (κ1) is 33.0. The molecule has 4 rings (SSSR count). The number of aliphatic imine (C=N–C) groups is 1. The van der Waals surface area contributed by atoms with Gasteiger partial charge in [-0.05, 0) is 73.3 Å². The zero-order chi connectivity index (χ0) is 32.1. The zero-order valence-electron chi connectivity index (χ0n) is 26.1. The molecular formula is C33H45F2N7O2. The number of hydrazone groups is 1. The normalized spacial score (nSPS) is 21.4. The van der Waals surface area contributed by atoms with Gasteiger partial charge in [0.2, 0.25) is 0 Å². The van der Waals surface area contributed by atoms with Crippen LogP contribution in [-0.2, 0) is 4.79 Å². The van der Waals surface area contributed by atoms with Crippen molar-refractivity contribution in [3.63, 3.8) is 0 Å². The quantitative estimate of drug-likeness (QED) is 0.112. The molecule has 2 aromatic rings. The molecule has 0 aromatic heterocycles. The Labute approximate surface area is 258 Å². The highest BCUT2D eigenvalue weighted by Crippen LogP contribution is 2.50. The summed E-state index contributed by atoms with van der Waals surface area (Å²) in [6.07, 6.45) is 6.62. The fraction of sp³-hybridized carbons (Fsp3) is 0.515. The summed E-state index contributed by atoms with van der Waals surface area (Å²) in [4.78, 5) is 34.0. The molecule has 1 spiro atoms. The van der Waals surface area contributed by atoms with Gasteiger partial charge in [0.25, 0.3) is 11.8 Å². The summed E-state index contributed by atoms with van der Waals surface area (Å²) < 4.78 is 28.6. The number of carbonyl (C=O) groups is 2. The number of nitrogens with one attached hydrogen (secondary N) is 2. The van der Waals surface area contributed by atoms with Crippen LogP contribution < -0.4 is 22.4 Å². The van der Waals surface area contributed by atoms with Gasteiger partial charge in [-0.3, -0.25) is 14.6 Å². The van der Waals surface area contributed by atoms with Gasteiger partial charge in [-0.15, -0.1) is 0 Å². The Bertz CT molecular complexity index is 1380. The Balaban J connectivity index is 1.70. The van der Waals surface area contributed by atoms with Crippen molar-refractivity contribution in [1.29, 1.82) is 0 Å². The first-order chi connectivity index (χ1) is 20.9. The van der Waals surface area contributed by atoms with Crippen LogP contribution >= 0.6 is 0 Å². The minimum absolute atomic E-state index is 0.0192. The molecule has 0 bridgehead atoms. The second kappa shape index (κ2) is 13.8. The molecule has 2 amide bonds. The first-order valence-electron chi connectivity index (χ1n) is 15.5. The topological polar surface area (TPSA) is 138 Å². The molecule has 2 aromatic carbocycles. The van der Waals surface area contributed by atoms with Gasteiger partial charge in [0.15, 0.2) is 0 Å². The van der Waals surface area contributed by atoms with Crippen molar-refractivity contribution in [3.8, 4) is 0 Å². The van der Waals surface area contributed by atoms with Crippen LogP contribution in [0.15, 0.2) is 52.6 Å². The van der Waals surface area contributed by atoms with E-state index in [2.05, 4.69) is 43.6 Å². The number of benzene rings is 2. The van der Waals surface area contributed by atoms with Gasteiger partial charge in [0, 0.05) is 17.2 Å². The van der Waals surface area contributed by atoms with Crippen molar-refractivity contribution in [2.75, 3.05) is 6.54 Å². The molecule has 9 nitrogen and oxygen atoms in total. The lowest BCUT2D eigenvalue weighted by molar-refractivity contribution is -0.133.